The maximum Gasteiger partial charge on any atom is 0.387 e. The second-order valence-corrected chi connectivity index (χ2v) is 6.01. The average molecular weight is 406 g/mol. The molecule has 2 rings (SSSR count). The van der Waals surface area contributed by atoms with Gasteiger partial charge in [-0.2, -0.15) is 8.78 Å². The Hall–Kier alpha value is -3.36. The first-order valence-corrected chi connectivity index (χ1v) is 8.84. The predicted octanol–water partition coefficient (Wildman–Crippen LogP) is 3.12. The van der Waals surface area contributed by atoms with Crippen molar-refractivity contribution in [1.82, 2.24) is 10.6 Å². The Balaban J connectivity index is 2.00. The second-order valence-electron chi connectivity index (χ2n) is 6.01. The van der Waals surface area contributed by atoms with Crippen LogP contribution in [-0.4, -0.2) is 32.6 Å². The number of guanidine groups is 1. The molecule has 0 aromatic heterocycles. The SMILES string of the molecule is CN=C(NCc1cccc(NC(C)=O)c1)NCc1cc(OC)ccc1OC(F)F. The third-order valence-corrected chi connectivity index (χ3v) is 3.86. The van der Waals surface area contributed by atoms with Crippen LogP contribution in [0.15, 0.2) is 47.5 Å². The molecular formula is C20H24F2N4O3. The van der Waals surface area contributed by atoms with Crippen molar-refractivity contribution in [3.8, 4) is 11.5 Å². The summed E-state index contributed by atoms with van der Waals surface area (Å²) in [4.78, 5) is 15.3. The number of aliphatic imine (C=N–C) groups is 1. The third kappa shape index (κ3) is 7.28. The summed E-state index contributed by atoms with van der Waals surface area (Å²) in [6.45, 7) is -0.826. The van der Waals surface area contributed by atoms with Crippen LogP contribution < -0.4 is 25.4 Å². The lowest BCUT2D eigenvalue weighted by Gasteiger charge is -2.15. The van der Waals surface area contributed by atoms with E-state index in [1.165, 1.54) is 20.1 Å². The van der Waals surface area contributed by atoms with Crippen molar-refractivity contribution >= 4 is 17.6 Å². The van der Waals surface area contributed by atoms with Gasteiger partial charge in [0.05, 0.1) is 7.11 Å². The molecule has 0 bridgehead atoms. The Bertz CT molecular complexity index is 859. The lowest BCUT2D eigenvalue weighted by Crippen LogP contribution is -2.36. The molecule has 0 saturated carbocycles. The van der Waals surface area contributed by atoms with Crippen molar-refractivity contribution in [3.63, 3.8) is 0 Å². The number of halogens is 2. The fourth-order valence-corrected chi connectivity index (χ4v) is 2.58. The van der Waals surface area contributed by atoms with E-state index in [1.54, 1.807) is 25.2 Å². The predicted molar refractivity (Wildman–Crippen MR) is 107 cm³/mol. The van der Waals surface area contributed by atoms with E-state index in [-0.39, 0.29) is 18.2 Å². The molecule has 0 aliphatic heterocycles. The number of hydrogen-bond donors (Lipinski definition) is 3. The van der Waals surface area contributed by atoms with Crippen molar-refractivity contribution in [2.45, 2.75) is 26.6 Å². The van der Waals surface area contributed by atoms with Gasteiger partial charge in [-0.3, -0.25) is 9.79 Å². The molecule has 3 N–H and O–H groups in total. The molecule has 2 aromatic carbocycles. The summed E-state index contributed by atoms with van der Waals surface area (Å²) in [5, 5.41) is 8.91. The summed E-state index contributed by atoms with van der Waals surface area (Å²) < 4.78 is 35.0. The molecule has 2 aromatic rings. The molecule has 0 fully saturated rings. The third-order valence-electron chi connectivity index (χ3n) is 3.86. The summed E-state index contributed by atoms with van der Waals surface area (Å²) >= 11 is 0. The van der Waals surface area contributed by atoms with E-state index < -0.39 is 6.61 Å². The van der Waals surface area contributed by atoms with Crippen LogP contribution >= 0.6 is 0 Å². The van der Waals surface area contributed by atoms with Gasteiger partial charge in [0, 0.05) is 38.3 Å². The number of ether oxygens (including phenoxy) is 2. The quantitative estimate of drug-likeness (QED) is 0.463. The molecular weight excluding hydrogens is 382 g/mol. The zero-order chi connectivity index (χ0) is 21.2. The fraction of sp³-hybridized carbons (Fsp3) is 0.300. The van der Waals surface area contributed by atoms with Gasteiger partial charge < -0.3 is 25.4 Å². The summed E-state index contributed by atoms with van der Waals surface area (Å²) in [6.07, 6.45) is 0. The minimum absolute atomic E-state index is 0.0618. The fourth-order valence-electron chi connectivity index (χ4n) is 2.58. The van der Waals surface area contributed by atoms with Crippen molar-refractivity contribution in [3.05, 3.63) is 53.6 Å². The number of anilines is 1. The number of amides is 1. The van der Waals surface area contributed by atoms with Gasteiger partial charge in [-0.25, -0.2) is 0 Å². The average Bonchev–Trinajstić information content (AvgIpc) is 2.68. The summed E-state index contributed by atoms with van der Waals surface area (Å²) in [6, 6.07) is 12.0. The van der Waals surface area contributed by atoms with Crippen LogP contribution in [0.25, 0.3) is 0 Å². The van der Waals surface area contributed by atoms with Crippen LogP contribution in [0, 0.1) is 0 Å². The molecule has 0 heterocycles. The molecule has 0 radical (unpaired) electrons. The molecule has 1 amide bonds. The highest BCUT2D eigenvalue weighted by molar-refractivity contribution is 5.88. The number of alkyl halides is 2. The number of carbonyl (C=O) groups is 1. The molecule has 7 nitrogen and oxygen atoms in total. The van der Waals surface area contributed by atoms with E-state index in [1.807, 2.05) is 18.2 Å². The second kappa shape index (κ2) is 10.8. The molecule has 0 saturated heterocycles. The van der Waals surface area contributed by atoms with Crippen molar-refractivity contribution in [2.24, 2.45) is 4.99 Å². The van der Waals surface area contributed by atoms with Gasteiger partial charge >= 0.3 is 6.61 Å². The first-order valence-electron chi connectivity index (χ1n) is 8.84. The normalized spacial score (nSPS) is 11.2. The Morgan fingerprint density at radius 3 is 2.55 bits per heavy atom. The maximum atomic E-state index is 12.6. The number of nitrogens with zero attached hydrogens (tertiary/aromatic N) is 1. The molecule has 0 unspecified atom stereocenters. The molecule has 9 heteroatoms. The zero-order valence-electron chi connectivity index (χ0n) is 16.5. The Labute approximate surface area is 168 Å². The largest absolute Gasteiger partial charge is 0.497 e. The van der Waals surface area contributed by atoms with Crippen LogP contribution in [0.4, 0.5) is 14.5 Å². The standard InChI is InChI=1S/C20H24F2N4O3/c1-13(27)26-16-6-4-5-14(9-16)11-24-20(23-2)25-12-15-10-17(28-3)7-8-18(15)29-19(21)22/h4-10,19H,11-12H2,1-3H3,(H,26,27)(H2,23,24,25). The highest BCUT2D eigenvalue weighted by Gasteiger charge is 2.11. The molecule has 0 spiro atoms. The minimum Gasteiger partial charge on any atom is -0.497 e. The van der Waals surface area contributed by atoms with E-state index >= 15 is 0 Å². The van der Waals surface area contributed by atoms with E-state index in [0.29, 0.717) is 29.5 Å². The van der Waals surface area contributed by atoms with Crippen LogP contribution in [0.3, 0.4) is 0 Å². The molecule has 0 atom stereocenters. The van der Waals surface area contributed by atoms with Gasteiger partial charge in [-0.1, -0.05) is 12.1 Å². The topological polar surface area (TPSA) is 84.0 Å². The highest BCUT2D eigenvalue weighted by atomic mass is 19.3. The monoisotopic (exact) mass is 406 g/mol. The van der Waals surface area contributed by atoms with E-state index in [9.17, 15) is 13.6 Å². The number of benzene rings is 2. The number of methoxy groups -OCH3 is 1. The van der Waals surface area contributed by atoms with Crippen LogP contribution in [0.2, 0.25) is 0 Å². The Morgan fingerprint density at radius 2 is 1.90 bits per heavy atom. The summed E-state index contributed by atoms with van der Waals surface area (Å²) in [5.41, 5.74) is 2.13. The summed E-state index contributed by atoms with van der Waals surface area (Å²) in [7, 11) is 3.10. The Kier molecular flexibility index (Phi) is 8.20. The van der Waals surface area contributed by atoms with Crippen molar-refractivity contribution in [1.29, 1.82) is 0 Å². The van der Waals surface area contributed by atoms with Gasteiger partial charge in [-0.05, 0) is 35.9 Å². The number of carbonyl (C=O) groups excluding carboxylic acids is 1. The van der Waals surface area contributed by atoms with Gasteiger partial charge in [0.15, 0.2) is 5.96 Å². The van der Waals surface area contributed by atoms with Crippen molar-refractivity contribution in [2.75, 3.05) is 19.5 Å². The van der Waals surface area contributed by atoms with E-state index in [4.69, 9.17) is 4.74 Å². The van der Waals surface area contributed by atoms with Crippen molar-refractivity contribution < 1.29 is 23.0 Å². The first-order chi connectivity index (χ1) is 13.9. The maximum absolute atomic E-state index is 12.6. The van der Waals surface area contributed by atoms with E-state index in [2.05, 4.69) is 25.7 Å². The lowest BCUT2D eigenvalue weighted by molar-refractivity contribution is -0.114. The molecule has 0 aliphatic carbocycles. The zero-order valence-corrected chi connectivity index (χ0v) is 16.5. The highest BCUT2D eigenvalue weighted by Crippen LogP contribution is 2.25. The van der Waals surface area contributed by atoms with Gasteiger partial charge in [0.25, 0.3) is 0 Å². The van der Waals surface area contributed by atoms with Gasteiger partial charge in [0.1, 0.15) is 11.5 Å². The first kappa shape index (κ1) is 21.9. The number of rotatable bonds is 8. The molecule has 0 aliphatic rings. The summed E-state index contributed by atoms with van der Waals surface area (Å²) in [5.74, 6) is 0.918. The number of hydrogen-bond acceptors (Lipinski definition) is 4. The van der Waals surface area contributed by atoms with Gasteiger partial charge in [-0.15, -0.1) is 0 Å². The van der Waals surface area contributed by atoms with Gasteiger partial charge in [0.2, 0.25) is 5.91 Å². The molecule has 156 valence electrons. The Morgan fingerprint density at radius 1 is 1.14 bits per heavy atom. The number of nitrogens with one attached hydrogen (secondary N) is 3. The smallest absolute Gasteiger partial charge is 0.387 e. The van der Waals surface area contributed by atoms with Crippen LogP contribution in [0.1, 0.15) is 18.1 Å². The van der Waals surface area contributed by atoms with Crippen LogP contribution in [-0.2, 0) is 17.9 Å². The lowest BCUT2D eigenvalue weighted by atomic mass is 10.2. The minimum atomic E-state index is -2.92. The van der Waals surface area contributed by atoms with Crippen LogP contribution in [0.5, 0.6) is 11.5 Å². The molecule has 29 heavy (non-hydrogen) atoms. The van der Waals surface area contributed by atoms with E-state index in [0.717, 1.165) is 5.56 Å².